The standard InChI is InChI=1S/C14H18N4O/c1-15-14(19)18-8-6-10(7-9-18)13-16-11-4-2-3-5-12(11)17-13/h2-5,10H,6-9H2,1H3,(H,15,19)(H,16,17). The maximum Gasteiger partial charge on any atom is 0.317 e. The number of rotatable bonds is 1. The van der Waals surface area contributed by atoms with E-state index < -0.39 is 0 Å². The van der Waals surface area contributed by atoms with E-state index in [-0.39, 0.29) is 6.03 Å². The summed E-state index contributed by atoms with van der Waals surface area (Å²) in [5.41, 5.74) is 2.11. The smallest absolute Gasteiger partial charge is 0.317 e. The Hall–Kier alpha value is -2.04. The van der Waals surface area contributed by atoms with Crippen LogP contribution in [0.3, 0.4) is 0 Å². The van der Waals surface area contributed by atoms with Crippen LogP contribution in [0.1, 0.15) is 24.6 Å². The van der Waals surface area contributed by atoms with Crippen LogP contribution in [0.25, 0.3) is 11.0 Å². The predicted octanol–water partition coefficient (Wildman–Crippen LogP) is 2.08. The monoisotopic (exact) mass is 258 g/mol. The summed E-state index contributed by atoms with van der Waals surface area (Å²) >= 11 is 0. The Morgan fingerprint density at radius 3 is 2.79 bits per heavy atom. The first kappa shape index (κ1) is 12.0. The molecular weight excluding hydrogens is 240 g/mol. The highest BCUT2D eigenvalue weighted by Crippen LogP contribution is 2.27. The van der Waals surface area contributed by atoms with E-state index in [1.807, 2.05) is 29.2 Å². The second kappa shape index (κ2) is 4.91. The highest BCUT2D eigenvalue weighted by Gasteiger charge is 2.25. The van der Waals surface area contributed by atoms with E-state index in [9.17, 15) is 4.79 Å². The molecule has 5 heteroatoms. The van der Waals surface area contributed by atoms with Gasteiger partial charge in [-0.25, -0.2) is 9.78 Å². The molecule has 100 valence electrons. The van der Waals surface area contributed by atoms with Crippen LogP contribution in [0.4, 0.5) is 4.79 Å². The third-order valence-corrected chi connectivity index (χ3v) is 3.79. The van der Waals surface area contributed by atoms with Crippen LogP contribution in [0, 0.1) is 0 Å². The van der Waals surface area contributed by atoms with Crippen molar-refractivity contribution in [3.63, 3.8) is 0 Å². The van der Waals surface area contributed by atoms with Crippen molar-refractivity contribution in [1.82, 2.24) is 20.2 Å². The van der Waals surface area contributed by atoms with Crippen LogP contribution in [-0.4, -0.2) is 41.0 Å². The van der Waals surface area contributed by atoms with E-state index in [0.29, 0.717) is 5.92 Å². The van der Waals surface area contributed by atoms with Crippen LogP contribution < -0.4 is 5.32 Å². The van der Waals surface area contributed by atoms with E-state index in [0.717, 1.165) is 42.8 Å². The number of aromatic amines is 1. The second-order valence-corrected chi connectivity index (χ2v) is 4.96. The number of H-pyrrole nitrogens is 1. The number of urea groups is 1. The maximum atomic E-state index is 11.5. The number of amides is 2. The van der Waals surface area contributed by atoms with Crippen molar-refractivity contribution in [1.29, 1.82) is 0 Å². The summed E-state index contributed by atoms with van der Waals surface area (Å²) in [4.78, 5) is 21.4. The zero-order chi connectivity index (χ0) is 13.2. The molecule has 19 heavy (non-hydrogen) atoms. The summed E-state index contributed by atoms with van der Waals surface area (Å²) in [6.45, 7) is 1.59. The molecule has 1 aromatic heterocycles. The van der Waals surface area contributed by atoms with Gasteiger partial charge in [0.2, 0.25) is 0 Å². The lowest BCUT2D eigenvalue weighted by atomic mass is 9.96. The minimum Gasteiger partial charge on any atom is -0.342 e. The Kier molecular flexibility index (Phi) is 3.11. The van der Waals surface area contributed by atoms with Gasteiger partial charge in [0.15, 0.2) is 0 Å². The van der Waals surface area contributed by atoms with Gasteiger partial charge < -0.3 is 15.2 Å². The molecule has 3 rings (SSSR count). The topological polar surface area (TPSA) is 61.0 Å². The Balaban J connectivity index is 1.72. The van der Waals surface area contributed by atoms with Crippen molar-refractivity contribution in [2.45, 2.75) is 18.8 Å². The summed E-state index contributed by atoms with van der Waals surface area (Å²) in [6, 6.07) is 8.10. The van der Waals surface area contributed by atoms with Gasteiger partial charge in [0.25, 0.3) is 0 Å². The fraction of sp³-hybridized carbons (Fsp3) is 0.429. The molecule has 0 bridgehead atoms. The zero-order valence-electron chi connectivity index (χ0n) is 11.0. The Morgan fingerprint density at radius 2 is 2.11 bits per heavy atom. The Labute approximate surface area is 112 Å². The molecule has 0 spiro atoms. The molecule has 2 aromatic rings. The average Bonchev–Trinajstić information content (AvgIpc) is 2.90. The lowest BCUT2D eigenvalue weighted by molar-refractivity contribution is 0.182. The number of carbonyl (C=O) groups is 1. The van der Waals surface area contributed by atoms with E-state index in [1.54, 1.807) is 7.05 Å². The molecule has 1 aromatic carbocycles. The lowest BCUT2D eigenvalue weighted by Crippen LogP contribution is -2.42. The first-order valence-electron chi connectivity index (χ1n) is 6.69. The fourth-order valence-corrected chi connectivity index (χ4v) is 2.68. The van der Waals surface area contributed by atoms with Crippen molar-refractivity contribution < 1.29 is 4.79 Å². The molecule has 2 heterocycles. The van der Waals surface area contributed by atoms with Gasteiger partial charge in [-0.1, -0.05) is 12.1 Å². The van der Waals surface area contributed by atoms with Crippen molar-refractivity contribution in [2.24, 2.45) is 0 Å². The number of hydrogen-bond acceptors (Lipinski definition) is 2. The first-order valence-corrected chi connectivity index (χ1v) is 6.69. The summed E-state index contributed by atoms with van der Waals surface area (Å²) in [5, 5.41) is 2.67. The van der Waals surface area contributed by atoms with E-state index >= 15 is 0 Å². The molecule has 0 saturated carbocycles. The van der Waals surface area contributed by atoms with Gasteiger partial charge >= 0.3 is 6.03 Å². The number of nitrogens with one attached hydrogen (secondary N) is 2. The third kappa shape index (κ3) is 2.28. The lowest BCUT2D eigenvalue weighted by Gasteiger charge is -2.30. The van der Waals surface area contributed by atoms with Crippen LogP contribution >= 0.6 is 0 Å². The molecule has 0 unspecified atom stereocenters. The zero-order valence-corrected chi connectivity index (χ0v) is 11.0. The highest BCUT2D eigenvalue weighted by molar-refractivity contribution is 5.75. The minimum absolute atomic E-state index is 0.0167. The van der Waals surface area contributed by atoms with E-state index in [4.69, 9.17) is 0 Å². The van der Waals surface area contributed by atoms with Gasteiger partial charge in [0.1, 0.15) is 5.82 Å². The molecule has 1 aliphatic rings. The number of carbonyl (C=O) groups excluding carboxylic acids is 1. The van der Waals surface area contributed by atoms with Crippen LogP contribution in [0.5, 0.6) is 0 Å². The predicted molar refractivity (Wildman–Crippen MR) is 74.1 cm³/mol. The van der Waals surface area contributed by atoms with E-state index in [1.165, 1.54) is 0 Å². The number of nitrogens with zero attached hydrogens (tertiary/aromatic N) is 2. The molecule has 0 atom stereocenters. The maximum absolute atomic E-state index is 11.5. The van der Waals surface area contributed by atoms with Crippen LogP contribution in [0.2, 0.25) is 0 Å². The van der Waals surface area contributed by atoms with Gasteiger partial charge in [0, 0.05) is 26.1 Å². The molecule has 1 aliphatic heterocycles. The normalized spacial score (nSPS) is 16.8. The number of likely N-dealkylation sites (tertiary alicyclic amines) is 1. The number of fused-ring (bicyclic) bond motifs is 1. The fourth-order valence-electron chi connectivity index (χ4n) is 2.68. The van der Waals surface area contributed by atoms with Gasteiger partial charge in [-0.05, 0) is 25.0 Å². The highest BCUT2D eigenvalue weighted by atomic mass is 16.2. The van der Waals surface area contributed by atoms with Gasteiger partial charge in [-0.2, -0.15) is 0 Å². The van der Waals surface area contributed by atoms with Gasteiger partial charge in [-0.3, -0.25) is 0 Å². The first-order chi connectivity index (χ1) is 9.28. The number of para-hydroxylation sites is 2. The van der Waals surface area contributed by atoms with E-state index in [2.05, 4.69) is 15.3 Å². The molecule has 5 nitrogen and oxygen atoms in total. The molecule has 1 saturated heterocycles. The number of imidazole rings is 1. The SMILES string of the molecule is CNC(=O)N1CCC(c2nc3ccccc3[nH]2)CC1. The van der Waals surface area contributed by atoms with Crippen molar-refractivity contribution in [2.75, 3.05) is 20.1 Å². The molecule has 1 fully saturated rings. The summed E-state index contributed by atoms with van der Waals surface area (Å²) in [5.74, 6) is 1.48. The summed E-state index contributed by atoms with van der Waals surface area (Å²) < 4.78 is 0. The average molecular weight is 258 g/mol. The van der Waals surface area contributed by atoms with Gasteiger partial charge in [-0.15, -0.1) is 0 Å². The van der Waals surface area contributed by atoms with Crippen molar-refractivity contribution in [3.8, 4) is 0 Å². The molecular formula is C14H18N4O. The molecule has 2 N–H and O–H groups in total. The van der Waals surface area contributed by atoms with Crippen molar-refractivity contribution >= 4 is 17.1 Å². The number of hydrogen-bond donors (Lipinski definition) is 2. The number of benzene rings is 1. The molecule has 2 amide bonds. The Bertz CT molecular complexity index is 551. The summed E-state index contributed by atoms with van der Waals surface area (Å²) in [7, 11) is 1.67. The molecule has 0 aliphatic carbocycles. The van der Waals surface area contributed by atoms with Gasteiger partial charge in [0.05, 0.1) is 11.0 Å². The van der Waals surface area contributed by atoms with Crippen molar-refractivity contribution in [3.05, 3.63) is 30.1 Å². The second-order valence-electron chi connectivity index (χ2n) is 4.96. The molecule has 0 radical (unpaired) electrons. The Morgan fingerprint density at radius 1 is 1.37 bits per heavy atom. The quantitative estimate of drug-likeness (QED) is 0.822. The number of aromatic nitrogens is 2. The largest absolute Gasteiger partial charge is 0.342 e. The number of piperidine rings is 1. The third-order valence-electron chi connectivity index (χ3n) is 3.79. The summed E-state index contributed by atoms with van der Waals surface area (Å²) in [6.07, 6.45) is 1.93. The minimum atomic E-state index is 0.0167. The van der Waals surface area contributed by atoms with Crippen LogP contribution in [0.15, 0.2) is 24.3 Å². The van der Waals surface area contributed by atoms with Crippen LogP contribution in [-0.2, 0) is 0 Å².